The van der Waals surface area contributed by atoms with Crippen molar-refractivity contribution >= 4 is 0 Å². The molecule has 0 aliphatic carbocycles. The first-order valence-corrected chi connectivity index (χ1v) is 5.22. The molecule has 0 aliphatic rings. The minimum Gasteiger partial charge on any atom is -0.321 e. The summed E-state index contributed by atoms with van der Waals surface area (Å²) in [6.07, 6.45) is 2.04. The van der Waals surface area contributed by atoms with Crippen LogP contribution in [0.1, 0.15) is 57.2 Å². The summed E-state index contributed by atoms with van der Waals surface area (Å²) < 4.78 is 1.80. The van der Waals surface area contributed by atoms with Crippen LogP contribution in [0.3, 0.4) is 0 Å². The molecule has 0 saturated heterocycles. The first kappa shape index (κ1) is 11.2. The number of aryl methyl sites for hydroxylation is 1. The van der Waals surface area contributed by atoms with Gasteiger partial charge >= 0.3 is 0 Å². The van der Waals surface area contributed by atoms with Gasteiger partial charge in [-0.2, -0.15) is 5.10 Å². The molecular formula is C10H20N4. The Morgan fingerprint density at radius 2 is 2.07 bits per heavy atom. The second kappa shape index (κ2) is 4.55. The van der Waals surface area contributed by atoms with Gasteiger partial charge in [0.1, 0.15) is 5.82 Å². The molecule has 0 saturated carbocycles. The smallest absolute Gasteiger partial charge is 0.153 e. The fraction of sp³-hybridized carbons (Fsp3) is 0.800. The molecule has 4 heteroatoms. The van der Waals surface area contributed by atoms with Crippen molar-refractivity contribution in [3.8, 4) is 0 Å². The lowest BCUT2D eigenvalue weighted by Crippen LogP contribution is -2.15. The first-order valence-electron chi connectivity index (χ1n) is 5.22. The summed E-state index contributed by atoms with van der Waals surface area (Å²) in [7, 11) is 1.91. The number of nitrogens with zero attached hydrogens (tertiary/aromatic N) is 3. The minimum absolute atomic E-state index is 0.0185. The topological polar surface area (TPSA) is 56.7 Å². The third kappa shape index (κ3) is 2.32. The molecule has 1 rings (SSSR count). The van der Waals surface area contributed by atoms with Gasteiger partial charge in [0.25, 0.3) is 0 Å². The van der Waals surface area contributed by atoms with Crippen molar-refractivity contribution in [1.29, 1.82) is 0 Å². The zero-order valence-electron chi connectivity index (χ0n) is 9.49. The SMILES string of the molecule is CCCC(N)c1nc(C(C)C)nn1C. The molecule has 0 aliphatic heterocycles. The van der Waals surface area contributed by atoms with E-state index >= 15 is 0 Å². The summed E-state index contributed by atoms with van der Waals surface area (Å²) >= 11 is 0. The van der Waals surface area contributed by atoms with Crippen molar-refractivity contribution in [3.05, 3.63) is 11.6 Å². The van der Waals surface area contributed by atoms with Gasteiger partial charge < -0.3 is 5.73 Å². The maximum atomic E-state index is 6.00. The Morgan fingerprint density at radius 3 is 2.50 bits per heavy atom. The van der Waals surface area contributed by atoms with Crippen molar-refractivity contribution < 1.29 is 0 Å². The number of aromatic nitrogens is 3. The molecule has 2 N–H and O–H groups in total. The maximum Gasteiger partial charge on any atom is 0.153 e. The Bertz CT molecular complexity index is 290. The lowest BCUT2D eigenvalue weighted by atomic mass is 10.1. The molecular weight excluding hydrogens is 176 g/mol. The van der Waals surface area contributed by atoms with E-state index in [9.17, 15) is 0 Å². The summed E-state index contributed by atoms with van der Waals surface area (Å²) in [6, 6.07) is 0.0185. The minimum atomic E-state index is 0.0185. The molecule has 80 valence electrons. The average molecular weight is 196 g/mol. The molecule has 0 bridgehead atoms. The van der Waals surface area contributed by atoms with Crippen LogP contribution in [0.5, 0.6) is 0 Å². The second-order valence-corrected chi connectivity index (χ2v) is 4.00. The van der Waals surface area contributed by atoms with Crippen molar-refractivity contribution in [3.63, 3.8) is 0 Å². The summed E-state index contributed by atoms with van der Waals surface area (Å²) in [5.74, 6) is 2.15. The number of nitrogens with two attached hydrogens (primary N) is 1. The highest BCUT2D eigenvalue weighted by Gasteiger charge is 2.15. The number of rotatable bonds is 4. The Kier molecular flexibility index (Phi) is 3.63. The Hall–Kier alpha value is -0.900. The van der Waals surface area contributed by atoms with E-state index in [0.717, 1.165) is 24.5 Å². The van der Waals surface area contributed by atoms with E-state index in [-0.39, 0.29) is 6.04 Å². The van der Waals surface area contributed by atoms with Gasteiger partial charge in [0, 0.05) is 13.0 Å². The molecule has 0 spiro atoms. The molecule has 0 fully saturated rings. The average Bonchev–Trinajstić information content (AvgIpc) is 2.48. The van der Waals surface area contributed by atoms with E-state index in [1.807, 2.05) is 7.05 Å². The summed E-state index contributed by atoms with van der Waals surface area (Å²) in [6.45, 7) is 6.30. The van der Waals surface area contributed by atoms with Gasteiger partial charge in [-0.1, -0.05) is 27.2 Å². The van der Waals surface area contributed by atoms with Gasteiger partial charge in [-0.25, -0.2) is 4.98 Å². The van der Waals surface area contributed by atoms with Gasteiger partial charge in [0.2, 0.25) is 0 Å². The fourth-order valence-electron chi connectivity index (χ4n) is 1.42. The fourth-order valence-corrected chi connectivity index (χ4v) is 1.42. The highest BCUT2D eigenvalue weighted by Crippen LogP contribution is 2.16. The van der Waals surface area contributed by atoms with Crippen LogP contribution in [-0.4, -0.2) is 14.8 Å². The Morgan fingerprint density at radius 1 is 1.43 bits per heavy atom. The van der Waals surface area contributed by atoms with Crippen LogP contribution in [0.2, 0.25) is 0 Å². The normalized spacial score (nSPS) is 13.6. The number of hydrogen-bond acceptors (Lipinski definition) is 3. The molecule has 14 heavy (non-hydrogen) atoms. The lowest BCUT2D eigenvalue weighted by Gasteiger charge is -2.07. The first-order chi connectivity index (χ1) is 6.56. The van der Waals surface area contributed by atoms with E-state index in [1.54, 1.807) is 4.68 Å². The largest absolute Gasteiger partial charge is 0.321 e. The number of hydrogen-bond donors (Lipinski definition) is 1. The van der Waals surface area contributed by atoms with Crippen molar-refractivity contribution in [2.75, 3.05) is 0 Å². The van der Waals surface area contributed by atoms with Crippen LogP contribution in [0.25, 0.3) is 0 Å². The maximum absolute atomic E-state index is 6.00. The highest BCUT2D eigenvalue weighted by atomic mass is 15.3. The van der Waals surface area contributed by atoms with Crippen LogP contribution in [0.15, 0.2) is 0 Å². The summed E-state index contributed by atoms with van der Waals surface area (Å²) in [5, 5.41) is 4.34. The van der Waals surface area contributed by atoms with Crippen LogP contribution in [-0.2, 0) is 7.05 Å². The summed E-state index contributed by atoms with van der Waals surface area (Å²) in [4.78, 5) is 4.45. The molecule has 1 aromatic heterocycles. The van der Waals surface area contributed by atoms with Gasteiger partial charge in [0.05, 0.1) is 6.04 Å². The van der Waals surface area contributed by atoms with Crippen molar-refractivity contribution in [1.82, 2.24) is 14.8 Å². The molecule has 1 aromatic rings. The van der Waals surface area contributed by atoms with Gasteiger partial charge in [0.15, 0.2) is 5.82 Å². The molecule has 1 unspecified atom stereocenters. The zero-order valence-corrected chi connectivity index (χ0v) is 9.49. The predicted molar refractivity (Wildman–Crippen MR) is 56.9 cm³/mol. The quantitative estimate of drug-likeness (QED) is 0.798. The van der Waals surface area contributed by atoms with Crippen molar-refractivity contribution in [2.24, 2.45) is 12.8 Å². The van der Waals surface area contributed by atoms with Crippen LogP contribution < -0.4 is 5.73 Å². The van der Waals surface area contributed by atoms with E-state index in [1.165, 1.54) is 0 Å². The third-order valence-corrected chi connectivity index (χ3v) is 2.26. The van der Waals surface area contributed by atoms with Crippen LogP contribution in [0.4, 0.5) is 0 Å². The van der Waals surface area contributed by atoms with Gasteiger partial charge in [-0.15, -0.1) is 0 Å². The predicted octanol–water partition coefficient (Wildman–Crippen LogP) is 1.74. The van der Waals surface area contributed by atoms with E-state index in [2.05, 4.69) is 30.9 Å². The molecule has 0 amide bonds. The van der Waals surface area contributed by atoms with E-state index in [4.69, 9.17) is 5.73 Å². The Labute approximate surface area is 85.5 Å². The standard InChI is InChI=1S/C10H20N4/c1-5-6-8(11)10-12-9(7(2)3)13-14(10)4/h7-8H,5-6,11H2,1-4H3. The lowest BCUT2D eigenvalue weighted by molar-refractivity contribution is 0.560. The van der Waals surface area contributed by atoms with Crippen LogP contribution >= 0.6 is 0 Å². The molecule has 4 nitrogen and oxygen atoms in total. The Balaban J connectivity index is 2.86. The summed E-state index contributed by atoms with van der Waals surface area (Å²) in [5.41, 5.74) is 6.00. The molecule has 1 atom stereocenters. The van der Waals surface area contributed by atoms with Gasteiger partial charge in [-0.3, -0.25) is 4.68 Å². The van der Waals surface area contributed by atoms with Gasteiger partial charge in [-0.05, 0) is 6.42 Å². The molecule has 0 aromatic carbocycles. The van der Waals surface area contributed by atoms with E-state index < -0.39 is 0 Å². The third-order valence-electron chi connectivity index (χ3n) is 2.26. The second-order valence-electron chi connectivity index (χ2n) is 4.00. The van der Waals surface area contributed by atoms with Crippen LogP contribution in [0, 0.1) is 0 Å². The zero-order chi connectivity index (χ0) is 10.7. The highest BCUT2D eigenvalue weighted by molar-refractivity contribution is 5.00. The molecule has 0 radical (unpaired) electrons. The van der Waals surface area contributed by atoms with Crippen molar-refractivity contribution in [2.45, 2.75) is 45.6 Å². The monoisotopic (exact) mass is 196 g/mol. The molecule has 1 heterocycles. The van der Waals surface area contributed by atoms with E-state index in [0.29, 0.717) is 5.92 Å².